The maximum Gasteiger partial charge on any atom is 0.255 e. The summed E-state index contributed by atoms with van der Waals surface area (Å²) in [6, 6.07) is 3.96. The van der Waals surface area contributed by atoms with Crippen molar-refractivity contribution >= 4 is 17.6 Å². The minimum Gasteiger partial charge on any atom is -0.354 e. The fourth-order valence-electron chi connectivity index (χ4n) is 4.08. The molecule has 3 rings (SSSR count). The van der Waals surface area contributed by atoms with Gasteiger partial charge in [-0.05, 0) is 37.3 Å². The number of hydrogen-bond donors (Lipinski definition) is 1. The second-order valence-corrected chi connectivity index (χ2v) is 7.88. The molecule has 0 unspecified atom stereocenters. The topological polar surface area (TPSA) is 65.5 Å². The van der Waals surface area contributed by atoms with Crippen LogP contribution in [0, 0.1) is 11.8 Å². The van der Waals surface area contributed by atoms with Crippen LogP contribution in [-0.2, 0) is 4.79 Å². The standard InChI is InChI=1S/C20H30N4O2/c1-14(2)17-12-24(13-18(17)22-15(3)25)19-8-7-16(11-21-19)20(26)23-9-5-4-6-10-23/h7-8,11,14,17-18H,4-6,9-10,12-13H2,1-3H3,(H,22,25)/t17-,18+/m1/s1. The van der Waals surface area contributed by atoms with E-state index >= 15 is 0 Å². The summed E-state index contributed by atoms with van der Waals surface area (Å²) in [7, 11) is 0. The summed E-state index contributed by atoms with van der Waals surface area (Å²) in [5, 5.41) is 3.08. The maximum atomic E-state index is 12.6. The molecule has 142 valence electrons. The normalized spacial score (nSPS) is 23.4. The molecule has 3 heterocycles. The average molecular weight is 358 g/mol. The third-order valence-corrected chi connectivity index (χ3v) is 5.57. The van der Waals surface area contributed by atoms with Gasteiger partial charge in [0, 0.05) is 45.2 Å². The molecule has 2 saturated heterocycles. The van der Waals surface area contributed by atoms with Gasteiger partial charge in [-0.1, -0.05) is 13.8 Å². The van der Waals surface area contributed by atoms with Crippen LogP contribution in [-0.4, -0.2) is 53.9 Å². The number of piperidine rings is 1. The third kappa shape index (κ3) is 4.17. The number of nitrogens with zero attached hydrogens (tertiary/aromatic N) is 3. The van der Waals surface area contributed by atoms with Crippen LogP contribution in [0.15, 0.2) is 18.3 Å². The van der Waals surface area contributed by atoms with Gasteiger partial charge in [0.1, 0.15) is 5.82 Å². The quantitative estimate of drug-likeness (QED) is 0.897. The molecule has 6 heteroatoms. The molecule has 1 aromatic rings. The Balaban J connectivity index is 1.68. The minimum atomic E-state index is 0.0120. The number of carbonyl (C=O) groups excluding carboxylic acids is 2. The van der Waals surface area contributed by atoms with Gasteiger partial charge in [0.25, 0.3) is 5.91 Å². The van der Waals surface area contributed by atoms with E-state index in [2.05, 4.69) is 29.0 Å². The van der Waals surface area contributed by atoms with E-state index in [4.69, 9.17) is 0 Å². The molecule has 1 aromatic heterocycles. The van der Waals surface area contributed by atoms with Crippen LogP contribution in [0.1, 0.15) is 50.4 Å². The summed E-state index contributed by atoms with van der Waals surface area (Å²) >= 11 is 0. The Bertz CT molecular complexity index is 638. The van der Waals surface area contributed by atoms with Crippen LogP contribution in [0.2, 0.25) is 0 Å². The van der Waals surface area contributed by atoms with Crippen molar-refractivity contribution in [1.82, 2.24) is 15.2 Å². The molecular formula is C20H30N4O2. The van der Waals surface area contributed by atoms with Gasteiger partial charge < -0.3 is 15.1 Å². The average Bonchev–Trinajstić information content (AvgIpc) is 3.05. The van der Waals surface area contributed by atoms with Crippen LogP contribution in [0.25, 0.3) is 0 Å². The highest BCUT2D eigenvalue weighted by Gasteiger charge is 2.35. The lowest BCUT2D eigenvalue weighted by molar-refractivity contribution is -0.119. The van der Waals surface area contributed by atoms with Crippen LogP contribution in [0.3, 0.4) is 0 Å². The lowest BCUT2D eigenvalue weighted by Gasteiger charge is -2.26. The molecule has 0 radical (unpaired) electrons. The van der Waals surface area contributed by atoms with E-state index in [9.17, 15) is 9.59 Å². The Morgan fingerprint density at radius 2 is 1.88 bits per heavy atom. The van der Waals surface area contributed by atoms with Crippen molar-refractivity contribution < 1.29 is 9.59 Å². The monoisotopic (exact) mass is 358 g/mol. The Morgan fingerprint density at radius 1 is 1.15 bits per heavy atom. The van der Waals surface area contributed by atoms with Crippen LogP contribution < -0.4 is 10.2 Å². The van der Waals surface area contributed by atoms with Gasteiger partial charge in [0.15, 0.2) is 0 Å². The highest BCUT2D eigenvalue weighted by Crippen LogP contribution is 2.28. The van der Waals surface area contributed by atoms with Crippen molar-refractivity contribution in [3.63, 3.8) is 0 Å². The highest BCUT2D eigenvalue weighted by molar-refractivity contribution is 5.94. The van der Waals surface area contributed by atoms with E-state index in [1.54, 1.807) is 13.1 Å². The van der Waals surface area contributed by atoms with Crippen molar-refractivity contribution in [2.75, 3.05) is 31.1 Å². The second kappa shape index (κ2) is 8.06. The van der Waals surface area contributed by atoms with E-state index in [0.717, 1.165) is 44.8 Å². The number of nitrogens with one attached hydrogen (secondary N) is 1. The molecule has 2 aliphatic rings. The molecule has 26 heavy (non-hydrogen) atoms. The van der Waals surface area contributed by atoms with Crippen molar-refractivity contribution in [2.24, 2.45) is 11.8 Å². The highest BCUT2D eigenvalue weighted by atomic mass is 16.2. The first-order valence-corrected chi connectivity index (χ1v) is 9.73. The van der Waals surface area contributed by atoms with Crippen LogP contribution in [0.4, 0.5) is 5.82 Å². The third-order valence-electron chi connectivity index (χ3n) is 5.57. The lowest BCUT2D eigenvalue weighted by atomic mass is 9.91. The number of likely N-dealkylation sites (tertiary alicyclic amines) is 1. The summed E-state index contributed by atoms with van der Waals surface area (Å²) in [5.41, 5.74) is 0.661. The Labute approximate surface area is 156 Å². The molecule has 2 atom stereocenters. The SMILES string of the molecule is CC(=O)N[C@H]1CN(c2ccc(C(=O)N3CCCCC3)cn2)C[C@@H]1C(C)C. The molecule has 6 nitrogen and oxygen atoms in total. The molecule has 0 spiro atoms. The van der Waals surface area contributed by atoms with Crippen molar-refractivity contribution in [2.45, 2.75) is 46.1 Å². The molecule has 0 aliphatic carbocycles. The molecular weight excluding hydrogens is 328 g/mol. The molecule has 2 amide bonds. The first-order chi connectivity index (χ1) is 12.5. The lowest BCUT2D eigenvalue weighted by Crippen LogP contribution is -2.40. The number of hydrogen-bond acceptors (Lipinski definition) is 4. The van der Waals surface area contributed by atoms with Gasteiger partial charge >= 0.3 is 0 Å². The van der Waals surface area contributed by atoms with Gasteiger partial charge in [0.2, 0.25) is 5.91 Å². The van der Waals surface area contributed by atoms with E-state index in [1.807, 2.05) is 17.0 Å². The summed E-state index contributed by atoms with van der Waals surface area (Å²) in [4.78, 5) is 32.8. The fourth-order valence-corrected chi connectivity index (χ4v) is 4.08. The number of rotatable bonds is 4. The summed E-state index contributed by atoms with van der Waals surface area (Å²) in [5.74, 6) is 1.85. The molecule has 0 saturated carbocycles. The van der Waals surface area contributed by atoms with Crippen LogP contribution >= 0.6 is 0 Å². The Morgan fingerprint density at radius 3 is 2.46 bits per heavy atom. The molecule has 2 fully saturated rings. The summed E-state index contributed by atoms with van der Waals surface area (Å²) in [6.45, 7) is 9.28. The number of carbonyl (C=O) groups is 2. The van der Waals surface area contributed by atoms with Crippen molar-refractivity contribution in [1.29, 1.82) is 0 Å². The zero-order chi connectivity index (χ0) is 18.7. The van der Waals surface area contributed by atoms with Gasteiger partial charge in [0.05, 0.1) is 11.6 Å². The van der Waals surface area contributed by atoms with E-state index < -0.39 is 0 Å². The Kier molecular flexibility index (Phi) is 5.79. The number of aromatic nitrogens is 1. The van der Waals surface area contributed by atoms with Gasteiger partial charge in [-0.2, -0.15) is 0 Å². The molecule has 0 aromatic carbocycles. The van der Waals surface area contributed by atoms with Gasteiger partial charge in [-0.15, -0.1) is 0 Å². The molecule has 2 aliphatic heterocycles. The number of pyridine rings is 1. The number of amides is 2. The van der Waals surface area contributed by atoms with E-state index in [0.29, 0.717) is 17.4 Å². The maximum absolute atomic E-state index is 12.6. The first kappa shape index (κ1) is 18.7. The molecule has 1 N–H and O–H groups in total. The van der Waals surface area contributed by atoms with Gasteiger partial charge in [-0.3, -0.25) is 9.59 Å². The largest absolute Gasteiger partial charge is 0.354 e. The second-order valence-electron chi connectivity index (χ2n) is 7.88. The van der Waals surface area contributed by atoms with Crippen molar-refractivity contribution in [3.8, 4) is 0 Å². The van der Waals surface area contributed by atoms with Crippen molar-refractivity contribution in [3.05, 3.63) is 23.9 Å². The predicted octanol–water partition coefficient (Wildman–Crippen LogP) is 2.30. The summed E-state index contributed by atoms with van der Waals surface area (Å²) in [6.07, 6.45) is 5.09. The Hall–Kier alpha value is -2.11. The van der Waals surface area contributed by atoms with E-state index in [1.165, 1.54) is 6.42 Å². The summed E-state index contributed by atoms with van der Waals surface area (Å²) < 4.78 is 0. The zero-order valence-electron chi connectivity index (χ0n) is 16.1. The van der Waals surface area contributed by atoms with Gasteiger partial charge in [-0.25, -0.2) is 4.98 Å². The first-order valence-electron chi connectivity index (χ1n) is 9.73. The smallest absolute Gasteiger partial charge is 0.255 e. The number of anilines is 1. The van der Waals surface area contributed by atoms with E-state index in [-0.39, 0.29) is 17.9 Å². The minimum absolute atomic E-state index is 0.0120. The van der Waals surface area contributed by atoms with Crippen LogP contribution in [0.5, 0.6) is 0 Å². The molecule has 0 bridgehead atoms. The predicted molar refractivity (Wildman–Crippen MR) is 102 cm³/mol. The fraction of sp³-hybridized carbons (Fsp3) is 0.650. The zero-order valence-corrected chi connectivity index (χ0v) is 16.1.